The molecule has 0 saturated carbocycles. The van der Waals surface area contributed by atoms with Crippen LogP contribution in [0.2, 0.25) is 0 Å². The third kappa shape index (κ3) is 4.09. The van der Waals surface area contributed by atoms with Gasteiger partial charge in [-0.25, -0.2) is 9.59 Å². The highest BCUT2D eigenvalue weighted by Gasteiger charge is 2.35. The Kier molecular flexibility index (Phi) is 5.17. The van der Waals surface area contributed by atoms with E-state index in [2.05, 4.69) is 5.32 Å². The summed E-state index contributed by atoms with van der Waals surface area (Å²) in [5.41, 5.74) is -0.532. The first-order valence-electron chi connectivity index (χ1n) is 6.65. The van der Waals surface area contributed by atoms with Crippen LogP contribution in [0.5, 0.6) is 0 Å². The summed E-state index contributed by atoms with van der Waals surface area (Å²) in [6, 6.07) is -1.21. The van der Waals surface area contributed by atoms with Gasteiger partial charge in [-0.1, -0.05) is 27.7 Å². The lowest BCUT2D eigenvalue weighted by Gasteiger charge is -2.37. The molecule has 0 bridgehead atoms. The van der Waals surface area contributed by atoms with Crippen molar-refractivity contribution in [1.82, 2.24) is 10.2 Å². The molecule has 1 heterocycles. The van der Waals surface area contributed by atoms with Crippen molar-refractivity contribution in [2.75, 3.05) is 19.8 Å². The van der Waals surface area contributed by atoms with Crippen LogP contribution in [0.25, 0.3) is 0 Å². The first kappa shape index (κ1) is 15.8. The number of rotatable bonds is 3. The topological polar surface area (TPSA) is 78.9 Å². The van der Waals surface area contributed by atoms with Crippen molar-refractivity contribution in [3.05, 3.63) is 0 Å². The highest BCUT2D eigenvalue weighted by molar-refractivity contribution is 5.83. The lowest BCUT2D eigenvalue weighted by molar-refractivity contribution is -0.142. The lowest BCUT2D eigenvalue weighted by atomic mass is 9.87. The molecule has 19 heavy (non-hydrogen) atoms. The fraction of sp³-hybridized carbons (Fsp3) is 0.846. The van der Waals surface area contributed by atoms with Crippen LogP contribution >= 0.6 is 0 Å². The summed E-state index contributed by atoms with van der Waals surface area (Å²) in [6.07, 6.45) is 0.792. The van der Waals surface area contributed by atoms with E-state index in [4.69, 9.17) is 4.74 Å². The first-order chi connectivity index (χ1) is 8.77. The van der Waals surface area contributed by atoms with E-state index in [1.807, 2.05) is 6.92 Å². The van der Waals surface area contributed by atoms with Gasteiger partial charge < -0.3 is 20.1 Å². The zero-order valence-electron chi connectivity index (χ0n) is 12.1. The number of nitrogens with one attached hydrogen (secondary N) is 1. The maximum atomic E-state index is 12.2. The number of carboxylic acids is 1. The molecule has 0 aromatic carbocycles. The Bertz CT molecular complexity index is 338. The van der Waals surface area contributed by atoms with Crippen LogP contribution in [0.15, 0.2) is 0 Å². The monoisotopic (exact) mass is 272 g/mol. The van der Waals surface area contributed by atoms with Gasteiger partial charge in [-0.3, -0.25) is 0 Å². The summed E-state index contributed by atoms with van der Waals surface area (Å²) in [5.74, 6) is -1.01. The lowest BCUT2D eigenvalue weighted by Crippen LogP contribution is -2.58. The summed E-state index contributed by atoms with van der Waals surface area (Å²) in [6.45, 7) is 8.88. The normalized spacial score (nSPS) is 21.9. The summed E-state index contributed by atoms with van der Waals surface area (Å²) in [7, 11) is 0. The number of carbonyl (C=O) groups is 2. The average Bonchev–Trinajstić information content (AvgIpc) is 2.33. The molecule has 2 N–H and O–H groups in total. The number of nitrogens with zero attached hydrogens (tertiary/aromatic N) is 1. The number of amides is 2. The van der Waals surface area contributed by atoms with E-state index in [-0.39, 0.29) is 12.1 Å². The quantitative estimate of drug-likeness (QED) is 0.812. The zero-order valence-corrected chi connectivity index (χ0v) is 12.1. The molecule has 1 fully saturated rings. The summed E-state index contributed by atoms with van der Waals surface area (Å²) < 4.78 is 5.34. The largest absolute Gasteiger partial charge is 0.480 e. The van der Waals surface area contributed by atoms with Gasteiger partial charge in [0.15, 0.2) is 0 Å². The predicted octanol–water partition coefficient (Wildman–Crippen LogP) is 1.31. The van der Waals surface area contributed by atoms with Crippen molar-refractivity contribution in [3.63, 3.8) is 0 Å². The molecule has 0 aliphatic carbocycles. The Balaban J connectivity index is 2.73. The van der Waals surface area contributed by atoms with Crippen molar-refractivity contribution in [2.24, 2.45) is 5.41 Å². The molecule has 0 aromatic rings. The van der Waals surface area contributed by atoms with E-state index in [1.54, 1.807) is 25.7 Å². The van der Waals surface area contributed by atoms with Gasteiger partial charge in [-0.2, -0.15) is 0 Å². The number of urea groups is 1. The molecule has 1 rings (SSSR count). The van der Waals surface area contributed by atoms with Crippen LogP contribution in [0.3, 0.4) is 0 Å². The van der Waals surface area contributed by atoms with E-state index in [9.17, 15) is 14.7 Å². The number of carboxylic acid groups (broad SMARTS) is 1. The molecule has 1 saturated heterocycles. The number of aliphatic carboxylic acids is 1. The number of hydrogen-bond donors (Lipinski definition) is 2. The van der Waals surface area contributed by atoms with E-state index in [1.165, 1.54) is 0 Å². The first-order valence-corrected chi connectivity index (χ1v) is 6.65. The highest BCUT2D eigenvalue weighted by Crippen LogP contribution is 2.20. The fourth-order valence-corrected chi connectivity index (χ4v) is 2.12. The molecule has 1 aliphatic heterocycles. The Morgan fingerprint density at radius 1 is 1.47 bits per heavy atom. The van der Waals surface area contributed by atoms with Gasteiger partial charge in [0.2, 0.25) is 0 Å². The van der Waals surface area contributed by atoms with Crippen molar-refractivity contribution < 1.29 is 19.4 Å². The van der Waals surface area contributed by atoms with Gasteiger partial charge in [-0.15, -0.1) is 0 Å². The molecule has 2 atom stereocenters. The van der Waals surface area contributed by atoms with Crippen LogP contribution < -0.4 is 5.32 Å². The standard InChI is InChI=1S/C13H24N2O4/c1-5-9-8-19-7-6-15(9)12(18)14-10(11(16)17)13(2,3)4/h9-10H,5-8H2,1-4H3,(H,14,18)(H,16,17)/t9?,10-/m1/s1. The number of carbonyl (C=O) groups excluding carboxylic acids is 1. The number of morpholine rings is 1. The van der Waals surface area contributed by atoms with Gasteiger partial charge >= 0.3 is 12.0 Å². The van der Waals surface area contributed by atoms with Crippen LogP contribution in [0.1, 0.15) is 34.1 Å². The Hall–Kier alpha value is -1.30. The van der Waals surface area contributed by atoms with Crippen molar-refractivity contribution >= 4 is 12.0 Å². The molecule has 6 nitrogen and oxygen atoms in total. The molecule has 0 spiro atoms. The summed E-state index contributed by atoms with van der Waals surface area (Å²) in [4.78, 5) is 25.2. The highest BCUT2D eigenvalue weighted by atomic mass is 16.5. The number of ether oxygens (including phenoxy) is 1. The second-order valence-corrected chi connectivity index (χ2v) is 5.92. The Morgan fingerprint density at radius 3 is 2.58 bits per heavy atom. The zero-order chi connectivity index (χ0) is 14.6. The Morgan fingerprint density at radius 2 is 2.11 bits per heavy atom. The summed E-state index contributed by atoms with van der Waals surface area (Å²) >= 11 is 0. The minimum absolute atomic E-state index is 0.0168. The second kappa shape index (κ2) is 6.23. The van der Waals surface area contributed by atoms with Gasteiger partial charge in [0.25, 0.3) is 0 Å². The Labute approximate surface area is 114 Å². The van der Waals surface area contributed by atoms with E-state index < -0.39 is 17.4 Å². The third-order valence-corrected chi connectivity index (χ3v) is 3.34. The molecule has 1 unspecified atom stereocenters. The fourth-order valence-electron chi connectivity index (χ4n) is 2.12. The minimum atomic E-state index is -1.01. The second-order valence-electron chi connectivity index (χ2n) is 5.92. The van der Waals surface area contributed by atoms with Gasteiger partial charge in [0.1, 0.15) is 6.04 Å². The molecule has 6 heteroatoms. The molecule has 110 valence electrons. The van der Waals surface area contributed by atoms with Gasteiger partial charge in [0, 0.05) is 6.54 Å². The molecule has 0 aromatic heterocycles. The van der Waals surface area contributed by atoms with Crippen LogP contribution in [-0.4, -0.2) is 53.8 Å². The minimum Gasteiger partial charge on any atom is -0.480 e. The van der Waals surface area contributed by atoms with Crippen molar-refractivity contribution in [3.8, 4) is 0 Å². The molecular weight excluding hydrogens is 248 g/mol. The average molecular weight is 272 g/mol. The maximum absolute atomic E-state index is 12.2. The smallest absolute Gasteiger partial charge is 0.326 e. The molecular formula is C13H24N2O4. The molecule has 1 aliphatic rings. The molecule has 0 radical (unpaired) electrons. The van der Waals surface area contributed by atoms with E-state index >= 15 is 0 Å². The predicted molar refractivity (Wildman–Crippen MR) is 71.0 cm³/mol. The van der Waals surface area contributed by atoms with E-state index in [0.29, 0.717) is 19.8 Å². The third-order valence-electron chi connectivity index (χ3n) is 3.34. The molecule has 2 amide bonds. The van der Waals surface area contributed by atoms with E-state index in [0.717, 1.165) is 6.42 Å². The maximum Gasteiger partial charge on any atom is 0.326 e. The SMILES string of the molecule is CCC1COCCN1C(=O)N[C@H](C(=O)O)C(C)(C)C. The van der Waals surface area contributed by atoms with Gasteiger partial charge in [0.05, 0.1) is 19.3 Å². The van der Waals surface area contributed by atoms with Crippen LogP contribution in [0, 0.1) is 5.41 Å². The van der Waals surface area contributed by atoms with Crippen molar-refractivity contribution in [2.45, 2.75) is 46.2 Å². The van der Waals surface area contributed by atoms with Crippen LogP contribution in [-0.2, 0) is 9.53 Å². The number of hydrogen-bond acceptors (Lipinski definition) is 3. The van der Waals surface area contributed by atoms with Crippen LogP contribution in [0.4, 0.5) is 4.79 Å². The summed E-state index contributed by atoms with van der Waals surface area (Å²) in [5, 5.41) is 11.8. The van der Waals surface area contributed by atoms with Gasteiger partial charge in [-0.05, 0) is 11.8 Å². The van der Waals surface area contributed by atoms with Crippen molar-refractivity contribution in [1.29, 1.82) is 0 Å².